The van der Waals surface area contributed by atoms with Gasteiger partial charge in [-0.2, -0.15) is 0 Å². The Labute approximate surface area is 214 Å². The molecule has 0 saturated carbocycles. The standard InChI is InChI=1S/C26H36ClN3O4S/c1-8-23(25(32)28-26(4,5)6)29(16-20-9-11-21(27)12-10-20)24(31)17-30(35(7,33)34)22-14-18(2)13-19(3)15-22/h9-15,23H,8,16-17H2,1-7H3,(H,28,32)/t23-/m0/s1. The molecule has 192 valence electrons. The Morgan fingerprint density at radius 3 is 2.03 bits per heavy atom. The third-order valence-electron chi connectivity index (χ3n) is 5.32. The number of anilines is 1. The lowest BCUT2D eigenvalue weighted by Crippen LogP contribution is -2.55. The Morgan fingerprint density at radius 1 is 1.03 bits per heavy atom. The van der Waals surface area contributed by atoms with E-state index in [-0.39, 0.29) is 12.5 Å². The highest BCUT2D eigenvalue weighted by molar-refractivity contribution is 7.92. The van der Waals surface area contributed by atoms with Gasteiger partial charge in [0, 0.05) is 17.1 Å². The van der Waals surface area contributed by atoms with Crippen LogP contribution in [0, 0.1) is 13.8 Å². The average Bonchev–Trinajstić information content (AvgIpc) is 2.70. The van der Waals surface area contributed by atoms with Crippen molar-refractivity contribution in [3.63, 3.8) is 0 Å². The molecule has 2 aromatic carbocycles. The molecule has 0 bridgehead atoms. The van der Waals surface area contributed by atoms with Crippen LogP contribution in [0.15, 0.2) is 42.5 Å². The molecule has 0 radical (unpaired) electrons. The Balaban J connectivity index is 2.48. The summed E-state index contributed by atoms with van der Waals surface area (Å²) in [5.41, 5.74) is 2.47. The van der Waals surface area contributed by atoms with Crippen molar-refractivity contribution >= 4 is 39.1 Å². The summed E-state index contributed by atoms with van der Waals surface area (Å²) in [6.07, 6.45) is 1.44. The van der Waals surface area contributed by atoms with Crippen molar-refractivity contribution < 1.29 is 18.0 Å². The van der Waals surface area contributed by atoms with Gasteiger partial charge in [0.05, 0.1) is 11.9 Å². The van der Waals surface area contributed by atoms with Crippen molar-refractivity contribution in [3.8, 4) is 0 Å². The summed E-state index contributed by atoms with van der Waals surface area (Å²) < 4.78 is 26.6. The van der Waals surface area contributed by atoms with E-state index in [9.17, 15) is 18.0 Å². The smallest absolute Gasteiger partial charge is 0.244 e. The Hall–Kier alpha value is -2.58. The first-order valence-corrected chi connectivity index (χ1v) is 13.8. The van der Waals surface area contributed by atoms with Gasteiger partial charge in [0.1, 0.15) is 12.6 Å². The summed E-state index contributed by atoms with van der Waals surface area (Å²) in [6, 6.07) is 11.6. The fraction of sp³-hybridized carbons (Fsp3) is 0.462. The molecule has 0 fully saturated rings. The van der Waals surface area contributed by atoms with Crippen LogP contribution in [-0.4, -0.2) is 49.5 Å². The molecule has 0 aliphatic rings. The van der Waals surface area contributed by atoms with E-state index >= 15 is 0 Å². The summed E-state index contributed by atoms with van der Waals surface area (Å²) in [6.45, 7) is 10.9. The lowest BCUT2D eigenvalue weighted by Gasteiger charge is -2.34. The van der Waals surface area contributed by atoms with E-state index in [0.29, 0.717) is 17.1 Å². The highest BCUT2D eigenvalue weighted by Crippen LogP contribution is 2.23. The van der Waals surface area contributed by atoms with Crippen LogP contribution in [0.1, 0.15) is 50.8 Å². The molecular weight excluding hydrogens is 486 g/mol. The fourth-order valence-corrected chi connectivity index (χ4v) is 4.83. The van der Waals surface area contributed by atoms with Gasteiger partial charge in [-0.1, -0.05) is 36.7 Å². The van der Waals surface area contributed by atoms with E-state index in [4.69, 9.17) is 11.6 Å². The first-order chi connectivity index (χ1) is 16.1. The van der Waals surface area contributed by atoms with Crippen molar-refractivity contribution in [2.45, 2.75) is 66.1 Å². The number of carbonyl (C=O) groups is 2. The largest absolute Gasteiger partial charge is 0.350 e. The van der Waals surface area contributed by atoms with Crippen LogP contribution in [0.4, 0.5) is 5.69 Å². The molecule has 0 heterocycles. The molecule has 35 heavy (non-hydrogen) atoms. The van der Waals surface area contributed by atoms with Gasteiger partial charge in [0.2, 0.25) is 21.8 Å². The summed E-state index contributed by atoms with van der Waals surface area (Å²) >= 11 is 6.02. The number of hydrogen-bond acceptors (Lipinski definition) is 4. The fourth-order valence-electron chi connectivity index (χ4n) is 3.87. The van der Waals surface area contributed by atoms with E-state index < -0.39 is 34.1 Å². The Kier molecular flexibility index (Phi) is 9.36. The van der Waals surface area contributed by atoms with E-state index in [1.165, 1.54) is 4.90 Å². The van der Waals surface area contributed by atoms with E-state index in [1.54, 1.807) is 36.4 Å². The third kappa shape index (κ3) is 8.54. The summed E-state index contributed by atoms with van der Waals surface area (Å²) in [4.78, 5) is 28.3. The molecule has 2 rings (SSSR count). The van der Waals surface area contributed by atoms with E-state index in [0.717, 1.165) is 27.3 Å². The number of aryl methyl sites for hydroxylation is 2. The lowest BCUT2D eigenvalue weighted by molar-refractivity contribution is -0.141. The second-order valence-electron chi connectivity index (χ2n) is 9.93. The lowest BCUT2D eigenvalue weighted by atomic mass is 10.1. The molecule has 0 saturated heterocycles. The highest BCUT2D eigenvalue weighted by Gasteiger charge is 2.33. The molecule has 0 unspecified atom stereocenters. The molecular formula is C26H36ClN3O4S. The Morgan fingerprint density at radius 2 is 1.57 bits per heavy atom. The number of halogens is 1. The molecule has 2 aromatic rings. The van der Waals surface area contributed by atoms with Crippen LogP contribution < -0.4 is 9.62 Å². The van der Waals surface area contributed by atoms with Gasteiger partial charge < -0.3 is 10.2 Å². The van der Waals surface area contributed by atoms with Crippen molar-refractivity contribution in [1.29, 1.82) is 0 Å². The zero-order valence-electron chi connectivity index (χ0n) is 21.6. The third-order valence-corrected chi connectivity index (χ3v) is 6.72. The second kappa shape index (κ2) is 11.4. The number of carbonyl (C=O) groups excluding carboxylic acids is 2. The SMILES string of the molecule is CC[C@@H](C(=O)NC(C)(C)C)N(Cc1ccc(Cl)cc1)C(=O)CN(c1cc(C)cc(C)c1)S(C)(=O)=O. The minimum atomic E-state index is -3.77. The van der Waals surface area contributed by atoms with Crippen molar-refractivity contribution in [2.24, 2.45) is 0 Å². The number of nitrogens with zero attached hydrogens (tertiary/aromatic N) is 2. The van der Waals surface area contributed by atoms with Gasteiger partial charge in [0.15, 0.2) is 0 Å². The maximum Gasteiger partial charge on any atom is 0.244 e. The molecule has 9 heteroatoms. The first kappa shape index (κ1) is 28.7. The number of hydrogen-bond donors (Lipinski definition) is 1. The number of rotatable bonds is 9. The average molecular weight is 522 g/mol. The van der Waals surface area contributed by atoms with E-state index in [2.05, 4.69) is 5.32 Å². The van der Waals surface area contributed by atoms with Gasteiger partial charge in [-0.25, -0.2) is 8.42 Å². The summed E-state index contributed by atoms with van der Waals surface area (Å²) in [5, 5.41) is 3.50. The van der Waals surface area contributed by atoms with Gasteiger partial charge in [0.25, 0.3) is 0 Å². The monoisotopic (exact) mass is 521 g/mol. The normalized spacial score (nSPS) is 12.7. The molecule has 2 amide bonds. The summed E-state index contributed by atoms with van der Waals surface area (Å²) in [7, 11) is -3.77. The van der Waals surface area contributed by atoms with Gasteiger partial charge in [-0.05, 0) is 82.0 Å². The first-order valence-electron chi connectivity index (χ1n) is 11.5. The predicted octanol–water partition coefficient (Wildman–Crippen LogP) is 4.44. The molecule has 0 spiro atoms. The number of nitrogens with one attached hydrogen (secondary N) is 1. The second-order valence-corrected chi connectivity index (χ2v) is 12.3. The minimum absolute atomic E-state index is 0.135. The zero-order chi connectivity index (χ0) is 26.6. The maximum absolute atomic E-state index is 13.7. The number of benzene rings is 2. The van der Waals surface area contributed by atoms with Crippen LogP contribution >= 0.6 is 11.6 Å². The van der Waals surface area contributed by atoms with Crippen LogP contribution in [0.5, 0.6) is 0 Å². The number of amides is 2. The summed E-state index contributed by atoms with van der Waals surface area (Å²) in [5.74, 6) is -0.764. The topological polar surface area (TPSA) is 86.8 Å². The van der Waals surface area contributed by atoms with Gasteiger partial charge in [-0.3, -0.25) is 13.9 Å². The molecule has 1 atom stereocenters. The van der Waals surface area contributed by atoms with Crippen LogP contribution in [0.25, 0.3) is 0 Å². The van der Waals surface area contributed by atoms with Crippen molar-refractivity contribution in [3.05, 3.63) is 64.2 Å². The van der Waals surface area contributed by atoms with Crippen molar-refractivity contribution in [2.75, 3.05) is 17.1 Å². The van der Waals surface area contributed by atoms with Gasteiger partial charge >= 0.3 is 0 Å². The Bertz CT molecular complexity index is 1140. The highest BCUT2D eigenvalue weighted by atomic mass is 35.5. The maximum atomic E-state index is 13.7. The van der Waals surface area contributed by atoms with Crippen LogP contribution in [0.3, 0.4) is 0 Å². The predicted molar refractivity (Wildman–Crippen MR) is 142 cm³/mol. The molecule has 0 aromatic heterocycles. The number of sulfonamides is 1. The van der Waals surface area contributed by atoms with Gasteiger partial charge in [-0.15, -0.1) is 0 Å². The van der Waals surface area contributed by atoms with E-state index in [1.807, 2.05) is 47.6 Å². The molecule has 0 aliphatic heterocycles. The quantitative estimate of drug-likeness (QED) is 0.528. The molecule has 7 nitrogen and oxygen atoms in total. The molecule has 1 N–H and O–H groups in total. The van der Waals surface area contributed by atoms with Crippen LogP contribution in [0.2, 0.25) is 5.02 Å². The van der Waals surface area contributed by atoms with Crippen molar-refractivity contribution in [1.82, 2.24) is 10.2 Å². The molecule has 0 aliphatic carbocycles. The zero-order valence-corrected chi connectivity index (χ0v) is 23.1. The van der Waals surface area contributed by atoms with Crippen LogP contribution in [-0.2, 0) is 26.2 Å². The minimum Gasteiger partial charge on any atom is -0.350 e.